The van der Waals surface area contributed by atoms with Crippen LogP contribution >= 0.6 is 0 Å². The molecule has 1 saturated carbocycles. The van der Waals surface area contributed by atoms with Crippen molar-refractivity contribution in [3.05, 3.63) is 59.4 Å². The number of nitrogens with zero attached hydrogens (tertiary/aromatic N) is 3. The molecule has 0 radical (unpaired) electrons. The van der Waals surface area contributed by atoms with Crippen LogP contribution in [0.15, 0.2) is 42.6 Å². The van der Waals surface area contributed by atoms with Gasteiger partial charge in [-0.15, -0.1) is 0 Å². The smallest absolute Gasteiger partial charge is 0.0937 e. The van der Waals surface area contributed by atoms with E-state index in [0.717, 1.165) is 0 Å². The summed E-state index contributed by atoms with van der Waals surface area (Å²) in [6.07, 6.45) is 7.03. The van der Waals surface area contributed by atoms with Crippen molar-refractivity contribution in [3.8, 4) is 0 Å². The Morgan fingerprint density at radius 3 is 2.60 bits per heavy atom. The fourth-order valence-electron chi connectivity index (χ4n) is 5.57. The van der Waals surface area contributed by atoms with E-state index < -0.39 is 0 Å². The molecule has 128 valence electrons. The predicted molar refractivity (Wildman–Crippen MR) is 103 cm³/mol. The lowest BCUT2D eigenvalue weighted by atomic mass is 9.92. The summed E-state index contributed by atoms with van der Waals surface area (Å²) >= 11 is 0. The molecule has 1 atom stereocenters. The van der Waals surface area contributed by atoms with Crippen LogP contribution in [0.2, 0.25) is 0 Å². The van der Waals surface area contributed by atoms with Gasteiger partial charge in [-0.2, -0.15) is 0 Å². The number of rotatable bonds is 1. The average molecular weight is 331 g/mol. The van der Waals surface area contributed by atoms with Gasteiger partial charge in [-0.1, -0.05) is 31.0 Å². The van der Waals surface area contributed by atoms with Gasteiger partial charge in [0.2, 0.25) is 0 Å². The van der Waals surface area contributed by atoms with Crippen LogP contribution in [0.25, 0.3) is 11.0 Å². The van der Waals surface area contributed by atoms with Gasteiger partial charge >= 0.3 is 0 Å². The minimum Gasteiger partial charge on any atom is -0.353 e. The van der Waals surface area contributed by atoms with Crippen LogP contribution in [-0.4, -0.2) is 9.55 Å². The maximum atomic E-state index is 4.78. The molecule has 0 saturated heterocycles. The maximum absolute atomic E-state index is 4.78. The van der Waals surface area contributed by atoms with E-state index in [0.29, 0.717) is 6.04 Å². The molecule has 1 unspecified atom stereocenters. The zero-order chi connectivity index (χ0) is 17.2. The summed E-state index contributed by atoms with van der Waals surface area (Å²) in [6.45, 7) is 4.61. The van der Waals surface area contributed by atoms with Crippen molar-refractivity contribution in [2.24, 2.45) is 7.05 Å². The van der Waals surface area contributed by atoms with Crippen LogP contribution in [0.3, 0.4) is 0 Å². The Kier molecular flexibility index (Phi) is 3.06. The Balaban J connectivity index is 1.83. The normalized spacial score (nSPS) is 21.4. The van der Waals surface area contributed by atoms with E-state index >= 15 is 0 Å². The maximum Gasteiger partial charge on any atom is 0.0937 e. The molecule has 0 N–H and O–H groups in total. The lowest BCUT2D eigenvalue weighted by Crippen LogP contribution is -2.41. The molecule has 25 heavy (non-hydrogen) atoms. The van der Waals surface area contributed by atoms with Gasteiger partial charge in [0.05, 0.1) is 28.3 Å². The molecule has 1 fully saturated rings. The third-order valence-corrected chi connectivity index (χ3v) is 6.51. The van der Waals surface area contributed by atoms with Crippen LogP contribution in [-0.2, 0) is 12.6 Å². The number of fused-ring (bicyclic) bond motifs is 4. The van der Waals surface area contributed by atoms with E-state index in [4.69, 9.17) is 4.98 Å². The van der Waals surface area contributed by atoms with E-state index in [2.05, 4.69) is 66.8 Å². The average Bonchev–Trinajstić information content (AvgIpc) is 3.27. The highest BCUT2D eigenvalue weighted by atomic mass is 15.3. The van der Waals surface area contributed by atoms with Crippen molar-refractivity contribution in [3.63, 3.8) is 0 Å². The van der Waals surface area contributed by atoms with Gasteiger partial charge in [0.15, 0.2) is 0 Å². The summed E-state index contributed by atoms with van der Waals surface area (Å²) in [4.78, 5) is 7.50. The minimum absolute atomic E-state index is 0.121. The molecule has 3 heteroatoms. The first-order valence-electron chi connectivity index (χ1n) is 9.44. The number of hydrogen-bond acceptors (Lipinski definition) is 2. The Bertz CT molecular complexity index is 963. The molecular weight excluding hydrogens is 306 g/mol. The quantitative estimate of drug-likeness (QED) is 0.608. The Hall–Kier alpha value is -2.29. The number of anilines is 1. The zero-order valence-corrected chi connectivity index (χ0v) is 15.3. The summed E-state index contributed by atoms with van der Waals surface area (Å²) in [5.74, 6) is 0. The number of benzene rings is 1. The first kappa shape index (κ1) is 15.0. The Morgan fingerprint density at radius 1 is 1.08 bits per heavy atom. The zero-order valence-electron chi connectivity index (χ0n) is 15.3. The van der Waals surface area contributed by atoms with Crippen LogP contribution < -0.4 is 4.90 Å². The summed E-state index contributed by atoms with van der Waals surface area (Å²) in [7, 11) is 2.23. The monoisotopic (exact) mass is 331 g/mol. The number of para-hydroxylation sites is 1. The summed E-state index contributed by atoms with van der Waals surface area (Å²) in [6, 6.07) is 13.5. The van der Waals surface area contributed by atoms with Gasteiger partial charge in [-0.3, -0.25) is 4.98 Å². The van der Waals surface area contributed by atoms with Crippen molar-refractivity contribution in [2.45, 2.75) is 51.1 Å². The summed E-state index contributed by atoms with van der Waals surface area (Å²) < 4.78 is 2.43. The highest BCUT2D eigenvalue weighted by Crippen LogP contribution is 2.58. The molecular formula is C22H25N3. The van der Waals surface area contributed by atoms with Gasteiger partial charge in [-0.05, 0) is 50.5 Å². The first-order chi connectivity index (χ1) is 12.1. The van der Waals surface area contributed by atoms with Gasteiger partial charge < -0.3 is 9.47 Å². The van der Waals surface area contributed by atoms with E-state index in [1.165, 1.54) is 59.2 Å². The molecule has 3 nitrogen and oxygen atoms in total. The fourth-order valence-corrected chi connectivity index (χ4v) is 5.57. The fraction of sp³-hybridized carbons (Fsp3) is 0.409. The molecule has 3 aromatic rings. The second kappa shape index (κ2) is 5.10. The molecule has 1 aromatic carbocycles. The van der Waals surface area contributed by atoms with Crippen molar-refractivity contribution in [1.82, 2.24) is 9.55 Å². The van der Waals surface area contributed by atoms with E-state index in [1.54, 1.807) is 0 Å². The molecule has 5 rings (SSSR count). The number of aromatic nitrogens is 2. The minimum atomic E-state index is 0.121. The van der Waals surface area contributed by atoms with Crippen molar-refractivity contribution in [1.29, 1.82) is 0 Å². The SMILES string of the molecule is Cc1ccccc1N1C(C)c2c(n(C)c3cccnc23)C12CCCC2. The van der Waals surface area contributed by atoms with Gasteiger partial charge in [0.1, 0.15) is 0 Å². The molecule has 3 heterocycles. The van der Waals surface area contributed by atoms with Gasteiger partial charge in [0.25, 0.3) is 0 Å². The Labute approximate surface area is 149 Å². The molecule has 1 aliphatic heterocycles. The number of pyridine rings is 1. The molecule has 0 bridgehead atoms. The molecule has 1 spiro atoms. The molecule has 2 aliphatic rings. The lowest BCUT2D eigenvalue weighted by molar-refractivity contribution is 0.398. The van der Waals surface area contributed by atoms with E-state index in [-0.39, 0.29) is 5.54 Å². The van der Waals surface area contributed by atoms with Crippen molar-refractivity contribution in [2.75, 3.05) is 4.90 Å². The van der Waals surface area contributed by atoms with E-state index in [1.807, 2.05) is 6.20 Å². The van der Waals surface area contributed by atoms with E-state index in [9.17, 15) is 0 Å². The topological polar surface area (TPSA) is 21.1 Å². The van der Waals surface area contributed by atoms with Crippen LogP contribution in [0.5, 0.6) is 0 Å². The second-order valence-electron chi connectivity index (χ2n) is 7.76. The predicted octanol–water partition coefficient (Wildman–Crippen LogP) is 5.23. The molecule has 2 aromatic heterocycles. The lowest BCUT2D eigenvalue weighted by Gasteiger charge is -2.41. The first-order valence-corrected chi connectivity index (χ1v) is 9.44. The number of aryl methyl sites for hydroxylation is 2. The highest BCUT2D eigenvalue weighted by Gasteiger charge is 2.53. The third-order valence-electron chi connectivity index (χ3n) is 6.51. The second-order valence-corrected chi connectivity index (χ2v) is 7.76. The van der Waals surface area contributed by atoms with Crippen molar-refractivity contribution >= 4 is 16.7 Å². The standard InChI is InChI=1S/C22H25N3/c1-15-9-4-5-10-17(15)25-16(2)19-20-18(11-8-14-23-20)24(3)21(19)22(25)12-6-7-13-22/h4-5,8-11,14,16H,6-7,12-13H2,1-3H3. The van der Waals surface area contributed by atoms with Crippen LogP contribution in [0, 0.1) is 6.92 Å². The molecule has 1 aliphatic carbocycles. The van der Waals surface area contributed by atoms with Gasteiger partial charge in [0, 0.05) is 24.5 Å². The largest absolute Gasteiger partial charge is 0.353 e. The van der Waals surface area contributed by atoms with Gasteiger partial charge in [-0.25, -0.2) is 0 Å². The summed E-state index contributed by atoms with van der Waals surface area (Å²) in [5, 5.41) is 0. The van der Waals surface area contributed by atoms with Crippen molar-refractivity contribution < 1.29 is 0 Å². The third kappa shape index (κ3) is 1.79. The highest BCUT2D eigenvalue weighted by molar-refractivity contribution is 5.85. The van der Waals surface area contributed by atoms with Crippen LogP contribution in [0.4, 0.5) is 5.69 Å². The molecule has 0 amide bonds. The van der Waals surface area contributed by atoms with Crippen LogP contribution in [0.1, 0.15) is 55.5 Å². The Morgan fingerprint density at radius 2 is 1.84 bits per heavy atom. The number of hydrogen-bond donors (Lipinski definition) is 0. The summed E-state index contributed by atoms with van der Waals surface area (Å²) in [5.41, 5.74) is 8.29.